The van der Waals surface area contributed by atoms with E-state index in [-0.39, 0.29) is 38.2 Å². The molecule has 71 heavy (non-hydrogen) atoms. The second kappa shape index (κ2) is 24.3. The second-order valence-corrected chi connectivity index (χ2v) is 19.1. The molecule has 378 valence electrons. The van der Waals surface area contributed by atoms with E-state index in [9.17, 15) is 38.3 Å². The van der Waals surface area contributed by atoms with E-state index in [0.717, 1.165) is 42.3 Å². The molecule has 2 aromatic heterocycles. The van der Waals surface area contributed by atoms with Crippen molar-refractivity contribution < 1.29 is 47.3 Å². The number of pyridine rings is 1. The first kappa shape index (κ1) is 52.6. The lowest BCUT2D eigenvalue weighted by Gasteiger charge is -2.45. The van der Waals surface area contributed by atoms with Crippen LogP contribution in [-0.2, 0) is 56.9 Å². The summed E-state index contributed by atoms with van der Waals surface area (Å²) in [5.74, 6) is -2.47. The minimum absolute atomic E-state index is 0.101. The van der Waals surface area contributed by atoms with Gasteiger partial charge in [0.05, 0.1) is 49.0 Å². The number of piperidine rings is 1. The molecular weight excluding hydrogens is 962 g/mol. The summed E-state index contributed by atoms with van der Waals surface area (Å²) in [5.41, 5.74) is 2.28. The number of carbonyl (C=O) groups excluding carboxylic acids is 3. The van der Waals surface area contributed by atoms with E-state index in [1.807, 2.05) is 37.5 Å². The zero-order valence-corrected chi connectivity index (χ0v) is 41.0. The lowest BCUT2D eigenvalue weighted by molar-refractivity contribution is -0.614. The van der Waals surface area contributed by atoms with E-state index in [4.69, 9.17) is 27.9 Å². The highest BCUT2D eigenvalue weighted by molar-refractivity contribution is 6.31. The number of hydrogen-bond donors (Lipinski definition) is 4. The molecule has 5 aromatic rings. The maximum absolute atomic E-state index is 14.3. The van der Waals surface area contributed by atoms with Crippen LogP contribution in [-0.4, -0.2) is 105 Å². The van der Waals surface area contributed by atoms with Crippen LogP contribution in [0.15, 0.2) is 97.3 Å². The topological polar surface area (TPSA) is 194 Å². The zero-order valence-electron chi connectivity index (χ0n) is 39.5. The quantitative estimate of drug-likeness (QED) is 0.0428. The number of aliphatic carboxylic acids is 1. The van der Waals surface area contributed by atoms with Gasteiger partial charge in [-0.25, -0.2) is 4.98 Å². The van der Waals surface area contributed by atoms with Crippen LogP contribution in [0.25, 0.3) is 11.3 Å². The Labute approximate surface area is 420 Å². The monoisotopic (exact) mass is 1020 g/mol. The first-order valence-electron chi connectivity index (χ1n) is 23.5. The number of nitrogens with one attached hydrogen (secondary N) is 3. The highest BCUT2D eigenvalue weighted by Gasteiger charge is 2.42. The van der Waals surface area contributed by atoms with Gasteiger partial charge in [-0.1, -0.05) is 47.5 Å². The van der Waals surface area contributed by atoms with Crippen molar-refractivity contribution in [3.05, 3.63) is 135 Å². The fraction of sp³-hybridized carbons (Fsp3) is 0.412. The van der Waals surface area contributed by atoms with Gasteiger partial charge in [0.25, 0.3) is 0 Å². The molecule has 4 N–H and O–H groups in total. The number of amides is 3. The molecule has 4 unspecified atom stereocenters. The van der Waals surface area contributed by atoms with Gasteiger partial charge < -0.3 is 45.2 Å². The van der Waals surface area contributed by atoms with Crippen molar-refractivity contribution in [1.82, 2.24) is 35.3 Å². The third-order valence-corrected chi connectivity index (χ3v) is 13.4. The molecule has 7 rings (SSSR count). The number of carboxylic acids is 1. The SMILES string of the molecule is CC(NCc1ccc(Cl)cc1Oc1ccc(-c2cnc(CN3CCCC3)n2C)cc1)C(=O)NC(COC(F)F)C(=O)NC1(Cc2ccc(Cl)cc2)CCCN(C(=O)C(CC(=O)O)Cc2cccc[n+]2[O-])C1. The Bertz CT molecular complexity index is 2640. The number of benzene rings is 3. The molecule has 16 nitrogen and oxygen atoms in total. The Morgan fingerprint density at radius 2 is 1.68 bits per heavy atom. The highest BCUT2D eigenvalue weighted by atomic mass is 35.5. The van der Waals surface area contributed by atoms with Crippen LogP contribution in [0.5, 0.6) is 11.5 Å². The lowest BCUT2D eigenvalue weighted by atomic mass is 9.82. The standard InChI is InChI=1S/C51H58Cl2F2N8O8/c1-33(56-28-36-11-16-39(53)26-44(36)71-41-17-12-35(13-18-41)43-29-57-45(60(43)2)30-61-20-5-6-21-61)47(66)58-42(31-70-50(54)55)48(67)59-51(27-34-9-14-38(52)15-10-34)19-7-22-62(32-51)49(68)37(25-46(64)65)24-40-8-3-4-23-63(40)69/h3-4,8-18,23,26,29,33,37,42,50,56H,5-7,19-22,24-25,27-28,30-32H2,1-2H3,(H,58,66)(H,59,67)(H,64,65). The number of carbonyl (C=O) groups is 4. The Morgan fingerprint density at radius 3 is 2.38 bits per heavy atom. The number of ether oxygens (including phenoxy) is 2. The predicted molar refractivity (Wildman–Crippen MR) is 262 cm³/mol. The summed E-state index contributed by atoms with van der Waals surface area (Å²) in [7, 11) is 2.01. The van der Waals surface area contributed by atoms with Crippen molar-refractivity contribution in [2.75, 3.05) is 32.8 Å². The summed E-state index contributed by atoms with van der Waals surface area (Å²) in [5, 5.41) is 31.9. The van der Waals surface area contributed by atoms with Crippen molar-refractivity contribution in [2.45, 2.75) is 89.2 Å². The van der Waals surface area contributed by atoms with Crippen LogP contribution >= 0.6 is 23.2 Å². The van der Waals surface area contributed by atoms with Crippen LogP contribution in [0.1, 0.15) is 61.7 Å². The number of nitrogens with zero attached hydrogens (tertiary/aromatic N) is 5. The Hall–Kier alpha value is -6.18. The Kier molecular flexibility index (Phi) is 18.0. The lowest BCUT2D eigenvalue weighted by Crippen LogP contribution is -2.65. The van der Waals surface area contributed by atoms with E-state index >= 15 is 0 Å². The van der Waals surface area contributed by atoms with Crippen molar-refractivity contribution in [1.29, 1.82) is 0 Å². The summed E-state index contributed by atoms with van der Waals surface area (Å²) < 4.78 is 40.7. The molecule has 3 amide bonds. The molecule has 20 heteroatoms. The van der Waals surface area contributed by atoms with E-state index in [2.05, 4.69) is 35.1 Å². The summed E-state index contributed by atoms with van der Waals surface area (Å²) in [4.78, 5) is 62.8. The first-order valence-corrected chi connectivity index (χ1v) is 24.3. The normalized spacial score (nSPS) is 17.4. The maximum Gasteiger partial charge on any atom is 0.345 e. The molecule has 0 bridgehead atoms. The van der Waals surface area contributed by atoms with Gasteiger partial charge in [-0.2, -0.15) is 13.5 Å². The van der Waals surface area contributed by atoms with Gasteiger partial charge in [-0.05, 0) is 106 Å². The van der Waals surface area contributed by atoms with E-state index in [0.29, 0.717) is 44.7 Å². The molecule has 3 aromatic carbocycles. The summed E-state index contributed by atoms with van der Waals surface area (Å²) >= 11 is 12.6. The first-order chi connectivity index (χ1) is 34.0. The number of hydrogen-bond acceptors (Lipinski definition) is 10. The summed E-state index contributed by atoms with van der Waals surface area (Å²) in [6, 6.07) is 21.6. The zero-order chi connectivity index (χ0) is 50.7. The average Bonchev–Trinajstić information content (AvgIpc) is 4.00. The molecule has 2 aliphatic rings. The molecule has 4 atom stereocenters. The molecule has 2 fully saturated rings. The van der Waals surface area contributed by atoms with Crippen LogP contribution in [0, 0.1) is 11.1 Å². The number of aromatic nitrogens is 3. The molecule has 0 saturated carbocycles. The van der Waals surface area contributed by atoms with Gasteiger partial charge in [0, 0.05) is 66.4 Å². The molecule has 2 saturated heterocycles. The Balaban J connectivity index is 1.03. The smallest absolute Gasteiger partial charge is 0.345 e. The minimum atomic E-state index is -3.26. The van der Waals surface area contributed by atoms with Gasteiger partial charge in [0.2, 0.25) is 17.7 Å². The summed E-state index contributed by atoms with van der Waals surface area (Å²) in [6.07, 6.45) is 5.66. The van der Waals surface area contributed by atoms with Crippen LogP contribution in [0.3, 0.4) is 0 Å². The third kappa shape index (κ3) is 14.5. The number of imidazole rings is 1. The van der Waals surface area contributed by atoms with Gasteiger partial charge in [-0.15, -0.1) is 0 Å². The molecule has 2 aliphatic heterocycles. The van der Waals surface area contributed by atoms with Crippen LogP contribution < -0.4 is 25.4 Å². The molecule has 0 spiro atoms. The van der Waals surface area contributed by atoms with Gasteiger partial charge in [0.1, 0.15) is 23.4 Å². The fourth-order valence-electron chi connectivity index (χ4n) is 9.14. The van der Waals surface area contributed by atoms with Gasteiger partial charge in [-0.3, -0.25) is 24.1 Å². The van der Waals surface area contributed by atoms with E-state index in [1.54, 1.807) is 55.5 Å². The molecule has 0 radical (unpaired) electrons. The number of likely N-dealkylation sites (tertiary alicyclic amines) is 2. The van der Waals surface area contributed by atoms with Crippen molar-refractivity contribution >= 4 is 46.9 Å². The van der Waals surface area contributed by atoms with Crippen molar-refractivity contribution in [3.63, 3.8) is 0 Å². The number of alkyl halides is 2. The van der Waals surface area contributed by atoms with E-state index in [1.165, 1.54) is 36.1 Å². The van der Waals surface area contributed by atoms with Gasteiger partial charge in [0.15, 0.2) is 11.9 Å². The third-order valence-electron chi connectivity index (χ3n) is 12.9. The van der Waals surface area contributed by atoms with Crippen LogP contribution in [0.2, 0.25) is 10.0 Å². The Morgan fingerprint density at radius 1 is 0.944 bits per heavy atom. The second-order valence-electron chi connectivity index (χ2n) is 18.2. The number of halogens is 4. The molecular formula is C51H58Cl2F2N8O8. The maximum atomic E-state index is 14.3. The average molecular weight is 1020 g/mol. The molecule has 4 heterocycles. The predicted octanol–water partition coefficient (Wildman–Crippen LogP) is 6.67. The van der Waals surface area contributed by atoms with Gasteiger partial charge >= 0.3 is 12.6 Å². The van der Waals surface area contributed by atoms with Crippen molar-refractivity contribution in [3.8, 4) is 22.8 Å². The minimum Gasteiger partial charge on any atom is -0.619 e. The highest BCUT2D eigenvalue weighted by Crippen LogP contribution is 2.32. The van der Waals surface area contributed by atoms with E-state index < -0.39 is 66.9 Å². The molecule has 0 aliphatic carbocycles. The fourth-order valence-corrected chi connectivity index (χ4v) is 9.43. The number of rotatable bonds is 22. The largest absolute Gasteiger partial charge is 0.619 e. The number of carboxylic acid groups (broad SMARTS) is 1. The summed E-state index contributed by atoms with van der Waals surface area (Å²) in [6.45, 7) is 0.566. The van der Waals surface area contributed by atoms with Crippen molar-refractivity contribution in [2.24, 2.45) is 13.0 Å². The van der Waals surface area contributed by atoms with Crippen LogP contribution in [0.4, 0.5) is 8.78 Å².